The van der Waals surface area contributed by atoms with Crippen molar-refractivity contribution in [3.8, 4) is 0 Å². The topological polar surface area (TPSA) is 70.9 Å². The number of nitrogens with two attached hydrogens (primary N) is 2. The van der Waals surface area contributed by atoms with Crippen LogP contribution in [0, 0.1) is 0 Å². The lowest BCUT2D eigenvalue weighted by atomic mass is 9.83. The normalized spacial score (nSPS) is 18.5. The fourth-order valence-electron chi connectivity index (χ4n) is 4.70. The Bertz CT molecular complexity index is 1060. The van der Waals surface area contributed by atoms with Gasteiger partial charge in [0.25, 0.3) is 0 Å². The van der Waals surface area contributed by atoms with Gasteiger partial charge >= 0.3 is 0 Å². The van der Waals surface area contributed by atoms with Crippen molar-refractivity contribution in [2.75, 3.05) is 19.6 Å². The van der Waals surface area contributed by atoms with E-state index in [0.29, 0.717) is 0 Å². The smallest absolute Gasteiger partial charge is 0.124 e. The highest BCUT2D eigenvalue weighted by Gasteiger charge is 2.37. The molecule has 5 nitrogen and oxygen atoms in total. The predicted molar refractivity (Wildman–Crippen MR) is 162 cm³/mol. The number of nitrogens with zero attached hydrogens (tertiary/aromatic N) is 3. The molecule has 4 N–H and O–H groups in total. The summed E-state index contributed by atoms with van der Waals surface area (Å²) >= 11 is 0. The average Bonchev–Trinajstić information content (AvgIpc) is 2.96. The Morgan fingerprint density at radius 2 is 1.16 bits per heavy atom. The standard InChI is InChI=1S/C27H30N4.C6H15N/c28-25-26(30-19-18-27(25,29)17-16-22-10-4-1-5-11-22)31(20-23-12-6-2-7-13-23)21-24-14-8-3-9-15-24;1-4-7(5-2)6-3/h1-15,18-19,25H,16-17,20-21,28-29H2;4-6H2,1-3H3. The molecule has 202 valence electrons. The number of aryl methyl sites for hydroxylation is 1. The second-order valence-corrected chi connectivity index (χ2v) is 9.83. The van der Waals surface area contributed by atoms with E-state index >= 15 is 0 Å². The predicted octanol–water partition coefficient (Wildman–Crippen LogP) is 5.62. The van der Waals surface area contributed by atoms with Crippen LogP contribution in [0.1, 0.15) is 43.9 Å². The zero-order chi connectivity index (χ0) is 27.2. The largest absolute Gasteiger partial charge is 0.350 e. The number of benzene rings is 3. The molecule has 3 aromatic carbocycles. The Labute approximate surface area is 229 Å². The molecule has 0 saturated carbocycles. The van der Waals surface area contributed by atoms with Crippen molar-refractivity contribution in [1.82, 2.24) is 9.80 Å². The Hall–Kier alpha value is -3.25. The van der Waals surface area contributed by atoms with Gasteiger partial charge in [0.05, 0.1) is 11.6 Å². The van der Waals surface area contributed by atoms with Gasteiger partial charge in [-0.3, -0.25) is 0 Å². The minimum Gasteiger partial charge on any atom is -0.350 e. The fourth-order valence-corrected chi connectivity index (χ4v) is 4.70. The molecule has 0 fully saturated rings. The molecule has 0 saturated heterocycles. The molecule has 0 spiro atoms. The summed E-state index contributed by atoms with van der Waals surface area (Å²) in [5.74, 6) is 0.839. The minimum atomic E-state index is -0.640. The molecular formula is C33H45N5. The van der Waals surface area contributed by atoms with E-state index in [1.165, 1.54) is 36.3 Å². The van der Waals surface area contributed by atoms with Gasteiger partial charge in [-0.25, -0.2) is 4.99 Å². The van der Waals surface area contributed by atoms with Crippen molar-refractivity contribution in [3.05, 3.63) is 120 Å². The molecule has 2 atom stereocenters. The zero-order valence-electron chi connectivity index (χ0n) is 23.3. The maximum atomic E-state index is 6.85. The van der Waals surface area contributed by atoms with Crippen LogP contribution >= 0.6 is 0 Å². The van der Waals surface area contributed by atoms with E-state index in [2.05, 4.69) is 103 Å². The van der Waals surface area contributed by atoms with Crippen LogP contribution < -0.4 is 11.5 Å². The SMILES string of the molecule is CCN(CC)CC.NC1C(N(Cc2ccccc2)Cc2ccccc2)=NC=CC1(N)CCc1ccccc1. The lowest BCUT2D eigenvalue weighted by Crippen LogP contribution is -2.62. The van der Waals surface area contributed by atoms with E-state index in [4.69, 9.17) is 16.5 Å². The molecule has 0 bridgehead atoms. The van der Waals surface area contributed by atoms with Crippen LogP contribution in [0.15, 0.2) is 108 Å². The van der Waals surface area contributed by atoms with Crippen molar-refractivity contribution in [2.24, 2.45) is 16.5 Å². The molecule has 2 unspecified atom stereocenters. The van der Waals surface area contributed by atoms with Crippen molar-refractivity contribution in [2.45, 2.75) is 58.3 Å². The van der Waals surface area contributed by atoms with Gasteiger partial charge in [0.15, 0.2) is 0 Å². The van der Waals surface area contributed by atoms with Crippen molar-refractivity contribution in [3.63, 3.8) is 0 Å². The summed E-state index contributed by atoms with van der Waals surface area (Å²) in [6.45, 7) is 11.6. The van der Waals surface area contributed by atoms with Gasteiger partial charge in [0.2, 0.25) is 0 Å². The first kappa shape index (κ1) is 29.3. The number of hydrogen-bond donors (Lipinski definition) is 2. The van der Waals surface area contributed by atoms with E-state index in [1.807, 2.05) is 30.5 Å². The van der Waals surface area contributed by atoms with Gasteiger partial charge in [-0.15, -0.1) is 0 Å². The monoisotopic (exact) mass is 511 g/mol. The fraction of sp³-hybridized carbons (Fsp3) is 0.364. The van der Waals surface area contributed by atoms with Gasteiger partial charge in [0, 0.05) is 19.3 Å². The minimum absolute atomic E-state index is 0.381. The van der Waals surface area contributed by atoms with Crippen LogP contribution in [-0.4, -0.2) is 46.9 Å². The Morgan fingerprint density at radius 3 is 1.58 bits per heavy atom. The van der Waals surface area contributed by atoms with E-state index in [-0.39, 0.29) is 6.04 Å². The third-order valence-corrected chi connectivity index (χ3v) is 7.24. The molecule has 1 aliphatic rings. The molecule has 38 heavy (non-hydrogen) atoms. The molecule has 0 aliphatic carbocycles. The molecule has 0 amide bonds. The maximum absolute atomic E-state index is 6.85. The summed E-state index contributed by atoms with van der Waals surface area (Å²) in [5.41, 5.74) is 16.7. The van der Waals surface area contributed by atoms with Crippen LogP contribution in [0.5, 0.6) is 0 Å². The van der Waals surface area contributed by atoms with Crippen LogP contribution in [0.25, 0.3) is 0 Å². The third kappa shape index (κ3) is 8.66. The van der Waals surface area contributed by atoms with Gasteiger partial charge in [-0.1, -0.05) is 112 Å². The number of amidine groups is 1. The summed E-state index contributed by atoms with van der Waals surface area (Å²) in [5, 5.41) is 0. The van der Waals surface area contributed by atoms with Crippen LogP contribution in [0.2, 0.25) is 0 Å². The van der Waals surface area contributed by atoms with Crippen molar-refractivity contribution >= 4 is 5.84 Å². The third-order valence-electron chi connectivity index (χ3n) is 7.24. The molecular weight excluding hydrogens is 466 g/mol. The summed E-state index contributed by atoms with van der Waals surface area (Å²) < 4.78 is 0. The Kier molecular flexibility index (Phi) is 11.7. The van der Waals surface area contributed by atoms with Crippen LogP contribution in [0.4, 0.5) is 0 Å². The summed E-state index contributed by atoms with van der Waals surface area (Å²) in [7, 11) is 0. The van der Waals surface area contributed by atoms with Gasteiger partial charge in [-0.2, -0.15) is 0 Å². The highest BCUT2D eigenvalue weighted by atomic mass is 15.2. The molecule has 1 heterocycles. The number of aliphatic imine (C=N–C) groups is 1. The Balaban J connectivity index is 0.000000505. The van der Waals surface area contributed by atoms with Gasteiger partial charge in [0.1, 0.15) is 5.84 Å². The van der Waals surface area contributed by atoms with E-state index < -0.39 is 5.54 Å². The molecule has 4 rings (SSSR count). The second-order valence-electron chi connectivity index (χ2n) is 9.83. The van der Waals surface area contributed by atoms with Crippen LogP contribution in [-0.2, 0) is 19.5 Å². The lowest BCUT2D eigenvalue weighted by molar-refractivity contribution is 0.321. The van der Waals surface area contributed by atoms with Crippen molar-refractivity contribution in [1.29, 1.82) is 0 Å². The Morgan fingerprint density at radius 1 is 0.711 bits per heavy atom. The van der Waals surface area contributed by atoms with Gasteiger partial charge in [-0.05, 0) is 55.2 Å². The first-order valence-corrected chi connectivity index (χ1v) is 13.9. The quantitative estimate of drug-likeness (QED) is 0.371. The van der Waals surface area contributed by atoms with Crippen LogP contribution in [0.3, 0.4) is 0 Å². The average molecular weight is 512 g/mol. The highest BCUT2D eigenvalue weighted by Crippen LogP contribution is 2.24. The zero-order valence-corrected chi connectivity index (χ0v) is 23.3. The van der Waals surface area contributed by atoms with E-state index in [0.717, 1.165) is 31.8 Å². The molecule has 0 aromatic heterocycles. The number of hydrogen-bond acceptors (Lipinski definition) is 5. The summed E-state index contributed by atoms with van der Waals surface area (Å²) in [6, 6.07) is 30.9. The molecule has 1 aliphatic heterocycles. The molecule has 5 heteroatoms. The molecule has 3 aromatic rings. The maximum Gasteiger partial charge on any atom is 0.124 e. The lowest BCUT2D eigenvalue weighted by Gasteiger charge is -2.40. The first-order valence-electron chi connectivity index (χ1n) is 13.9. The summed E-state index contributed by atoms with van der Waals surface area (Å²) in [6.07, 6.45) is 5.43. The second kappa shape index (κ2) is 15.2. The number of rotatable bonds is 10. The highest BCUT2D eigenvalue weighted by molar-refractivity contribution is 5.90. The summed E-state index contributed by atoms with van der Waals surface area (Å²) in [4.78, 5) is 9.34. The molecule has 0 radical (unpaired) electrons. The van der Waals surface area contributed by atoms with Crippen molar-refractivity contribution < 1.29 is 0 Å². The van der Waals surface area contributed by atoms with E-state index in [1.54, 1.807) is 0 Å². The van der Waals surface area contributed by atoms with Gasteiger partial charge < -0.3 is 21.3 Å². The first-order chi connectivity index (χ1) is 18.5. The van der Waals surface area contributed by atoms with E-state index in [9.17, 15) is 0 Å².